The fourth-order valence-electron chi connectivity index (χ4n) is 3.54. The van der Waals surface area contributed by atoms with E-state index in [0.717, 1.165) is 63.6 Å². The molecule has 0 spiro atoms. The van der Waals surface area contributed by atoms with Crippen molar-refractivity contribution in [2.75, 3.05) is 50.7 Å². The number of imidazole rings is 1. The van der Waals surface area contributed by atoms with Crippen molar-refractivity contribution in [3.8, 4) is 0 Å². The topological polar surface area (TPSA) is 57.0 Å². The molecule has 0 N–H and O–H groups in total. The van der Waals surface area contributed by atoms with Gasteiger partial charge in [-0.2, -0.15) is 0 Å². The minimum absolute atomic E-state index is 0.293. The Kier molecular flexibility index (Phi) is 4.34. The van der Waals surface area contributed by atoms with Gasteiger partial charge in [-0.05, 0) is 31.4 Å². The van der Waals surface area contributed by atoms with Gasteiger partial charge in [0, 0.05) is 51.7 Å². The maximum absolute atomic E-state index is 12.4. The van der Waals surface area contributed by atoms with E-state index in [-0.39, 0.29) is 0 Å². The minimum atomic E-state index is 0.293. The molecule has 0 saturated carbocycles. The Balaban J connectivity index is 1.32. The van der Waals surface area contributed by atoms with Crippen molar-refractivity contribution in [3.05, 3.63) is 24.5 Å². The van der Waals surface area contributed by atoms with Crippen LogP contribution in [-0.2, 0) is 4.79 Å². The van der Waals surface area contributed by atoms with Crippen molar-refractivity contribution in [2.24, 2.45) is 0 Å². The van der Waals surface area contributed by atoms with Crippen LogP contribution in [-0.4, -0.2) is 76.1 Å². The molecule has 2 saturated heterocycles. The van der Waals surface area contributed by atoms with E-state index in [2.05, 4.69) is 19.9 Å². The van der Waals surface area contributed by atoms with Crippen LogP contribution in [0, 0.1) is 0 Å². The largest absolute Gasteiger partial charge is 0.353 e. The number of fused-ring (bicyclic) bond motifs is 1. The number of piperazine rings is 1. The number of nitrogens with zero attached hydrogens (tertiary/aromatic N) is 6. The SMILES string of the molecule is O=C(CN1CCN(c2ccc3nccn3n2)CC1)N1CCCCC1. The van der Waals surface area contributed by atoms with Crippen molar-refractivity contribution in [1.29, 1.82) is 0 Å². The lowest BCUT2D eigenvalue weighted by Gasteiger charge is -2.36. The fraction of sp³-hybridized carbons (Fsp3) is 0.588. The summed E-state index contributed by atoms with van der Waals surface area (Å²) in [6.07, 6.45) is 7.20. The van der Waals surface area contributed by atoms with Gasteiger partial charge in [0.2, 0.25) is 5.91 Å². The fourth-order valence-corrected chi connectivity index (χ4v) is 3.54. The number of carbonyl (C=O) groups excluding carboxylic acids is 1. The highest BCUT2D eigenvalue weighted by atomic mass is 16.2. The zero-order valence-corrected chi connectivity index (χ0v) is 14.0. The summed E-state index contributed by atoms with van der Waals surface area (Å²) < 4.78 is 1.81. The molecule has 128 valence electrons. The smallest absolute Gasteiger partial charge is 0.236 e. The van der Waals surface area contributed by atoms with E-state index in [4.69, 9.17) is 0 Å². The van der Waals surface area contributed by atoms with Gasteiger partial charge in [0.1, 0.15) is 5.82 Å². The van der Waals surface area contributed by atoms with Crippen LogP contribution in [0.4, 0.5) is 5.82 Å². The molecule has 2 aliphatic heterocycles. The predicted molar refractivity (Wildman–Crippen MR) is 92.1 cm³/mol. The van der Waals surface area contributed by atoms with E-state index in [0.29, 0.717) is 12.5 Å². The molecule has 2 aromatic heterocycles. The summed E-state index contributed by atoms with van der Waals surface area (Å²) in [4.78, 5) is 23.2. The number of piperidine rings is 1. The van der Waals surface area contributed by atoms with E-state index in [9.17, 15) is 4.79 Å². The van der Waals surface area contributed by atoms with Crippen molar-refractivity contribution in [2.45, 2.75) is 19.3 Å². The van der Waals surface area contributed by atoms with Crippen LogP contribution >= 0.6 is 0 Å². The highest BCUT2D eigenvalue weighted by Crippen LogP contribution is 2.15. The molecule has 0 unspecified atom stereocenters. The number of aromatic nitrogens is 3. The average Bonchev–Trinajstić information content (AvgIpc) is 3.11. The number of carbonyl (C=O) groups is 1. The van der Waals surface area contributed by atoms with Gasteiger partial charge < -0.3 is 9.80 Å². The van der Waals surface area contributed by atoms with Gasteiger partial charge in [-0.1, -0.05) is 0 Å². The summed E-state index contributed by atoms with van der Waals surface area (Å²) in [6.45, 7) is 6.05. The quantitative estimate of drug-likeness (QED) is 0.837. The summed E-state index contributed by atoms with van der Waals surface area (Å²) in [6, 6.07) is 4.02. The first-order valence-corrected chi connectivity index (χ1v) is 8.85. The van der Waals surface area contributed by atoms with Crippen molar-refractivity contribution in [3.63, 3.8) is 0 Å². The van der Waals surface area contributed by atoms with Crippen LogP contribution in [0.15, 0.2) is 24.5 Å². The lowest BCUT2D eigenvalue weighted by Crippen LogP contribution is -2.51. The van der Waals surface area contributed by atoms with E-state index < -0.39 is 0 Å². The standard InChI is InChI=1S/C17H24N6O/c24-17(22-7-2-1-3-8-22)14-20-10-12-21(13-11-20)16-5-4-15-18-6-9-23(15)19-16/h4-6,9H,1-3,7-8,10-14H2. The minimum Gasteiger partial charge on any atom is -0.353 e. The van der Waals surface area contributed by atoms with Gasteiger partial charge in [-0.3, -0.25) is 9.69 Å². The summed E-state index contributed by atoms with van der Waals surface area (Å²) in [5.41, 5.74) is 0.865. The summed E-state index contributed by atoms with van der Waals surface area (Å²) in [5, 5.41) is 4.60. The first-order chi connectivity index (χ1) is 11.8. The van der Waals surface area contributed by atoms with Crippen LogP contribution < -0.4 is 4.90 Å². The lowest BCUT2D eigenvalue weighted by molar-refractivity contribution is -0.133. The van der Waals surface area contributed by atoms with Gasteiger partial charge in [-0.25, -0.2) is 9.50 Å². The second-order valence-corrected chi connectivity index (χ2v) is 6.63. The van der Waals surface area contributed by atoms with E-state index in [1.165, 1.54) is 6.42 Å². The first kappa shape index (κ1) is 15.4. The number of anilines is 1. The molecule has 2 aromatic rings. The Hall–Kier alpha value is -2.15. The number of rotatable bonds is 3. The Morgan fingerprint density at radius 1 is 1.00 bits per heavy atom. The van der Waals surface area contributed by atoms with E-state index >= 15 is 0 Å². The molecule has 0 radical (unpaired) electrons. The third kappa shape index (κ3) is 3.21. The second kappa shape index (κ2) is 6.76. The number of hydrogen-bond acceptors (Lipinski definition) is 5. The van der Waals surface area contributed by atoms with Gasteiger partial charge >= 0.3 is 0 Å². The van der Waals surface area contributed by atoms with Gasteiger partial charge in [0.25, 0.3) is 0 Å². The third-order valence-electron chi connectivity index (χ3n) is 5.00. The predicted octanol–water partition coefficient (Wildman–Crippen LogP) is 0.864. The Morgan fingerprint density at radius 3 is 2.58 bits per heavy atom. The monoisotopic (exact) mass is 328 g/mol. The Morgan fingerprint density at radius 2 is 1.79 bits per heavy atom. The van der Waals surface area contributed by atoms with Crippen LogP contribution in [0.25, 0.3) is 5.65 Å². The van der Waals surface area contributed by atoms with Crippen molar-refractivity contribution >= 4 is 17.4 Å². The zero-order valence-electron chi connectivity index (χ0n) is 14.0. The molecule has 1 amide bonds. The third-order valence-corrected chi connectivity index (χ3v) is 5.00. The number of amides is 1. The molecule has 24 heavy (non-hydrogen) atoms. The van der Waals surface area contributed by atoms with Crippen molar-refractivity contribution in [1.82, 2.24) is 24.4 Å². The van der Waals surface area contributed by atoms with Gasteiger partial charge in [0.05, 0.1) is 6.54 Å². The van der Waals surface area contributed by atoms with Gasteiger partial charge in [-0.15, -0.1) is 5.10 Å². The number of hydrogen-bond donors (Lipinski definition) is 0. The molecular formula is C17H24N6O. The highest BCUT2D eigenvalue weighted by Gasteiger charge is 2.23. The summed E-state index contributed by atoms with van der Waals surface area (Å²) in [5.74, 6) is 1.27. The Labute approximate surface area is 141 Å². The highest BCUT2D eigenvalue weighted by molar-refractivity contribution is 5.78. The summed E-state index contributed by atoms with van der Waals surface area (Å²) >= 11 is 0. The molecule has 7 heteroatoms. The molecule has 0 aliphatic carbocycles. The number of likely N-dealkylation sites (tertiary alicyclic amines) is 1. The first-order valence-electron chi connectivity index (χ1n) is 8.85. The normalized spacial score (nSPS) is 19.8. The molecule has 4 heterocycles. The Bertz CT molecular complexity index is 700. The molecule has 4 rings (SSSR count). The molecule has 0 bridgehead atoms. The van der Waals surface area contributed by atoms with Gasteiger partial charge in [0.15, 0.2) is 5.65 Å². The van der Waals surface area contributed by atoms with E-state index in [1.54, 1.807) is 6.20 Å². The van der Waals surface area contributed by atoms with Crippen LogP contribution in [0.2, 0.25) is 0 Å². The van der Waals surface area contributed by atoms with E-state index in [1.807, 2.05) is 27.7 Å². The second-order valence-electron chi connectivity index (χ2n) is 6.63. The summed E-state index contributed by atoms with van der Waals surface area (Å²) in [7, 11) is 0. The maximum Gasteiger partial charge on any atom is 0.236 e. The van der Waals surface area contributed by atoms with Crippen molar-refractivity contribution < 1.29 is 4.79 Å². The maximum atomic E-state index is 12.4. The van der Waals surface area contributed by atoms with Crippen LogP contribution in [0.5, 0.6) is 0 Å². The molecule has 2 fully saturated rings. The average molecular weight is 328 g/mol. The molecule has 0 atom stereocenters. The molecule has 7 nitrogen and oxygen atoms in total. The molecule has 2 aliphatic rings. The van der Waals surface area contributed by atoms with Crippen LogP contribution in [0.3, 0.4) is 0 Å². The van der Waals surface area contributed by atoms with Crippen LogP contribution in [0.1, 0.15) is 19.3 Å². The molecular weight excluding hydrogens is 304 g/mol. The zero-order chi connectivity index (χ0) is 16.4. The lowest BCUT2D eigenvalue weighted by atomic mass is 10.1. The molecule has 0 aromatic carbocycles.